The molecule has 0 radical (unpaired) electrons. The third-order valence-corrected chi connectivity index (χ3v) is 3.56. The molecule has 1 aromatic carbocycles. The Labute approximate surface area is 139 Å². The monoisotopic (exact) mass is 329 g/mol. The first-order valence-corrected chi connectivity index (χ1v) is 7.37. The zero-order valence-electron chi connectivity index (χ0n) is 13.7. The number of benzene rings is 1. The van der Waals surface area contributed by atoms with Crippen LogP contribution in [0, 0.1) is 13.8 Å². The average molecular weight is 329 g/mol. The van der Waals surface area contributed by atoms with Crippen LogP contribution in [0.2, 0.25) is 0 Å². The number of esters is 1. The van der Waals surface area contributed by atoms with Crippen molar-refractivity contribution in [2.45, 2.75) is 26.9 Å². The predicted octanol–water partition coefficient (Wildman–Crippen LogP) is 1.83. The van der Waals surface area contributed by atoms with Crippen molar-refractivity contribution in [3.8, 4) is 5.69 Å². The molecular weight excluding hydrogens is 310 g/mol. The molecule has 1 heterocycles. The molecule has 7 nitrogen and oxygen atoms in total. The molecule has 3 N–H and O–H groups in total. The zero-order chi connectivity index (χ0) is 17.9. The minimum absolute atomic E-state index is 0.357. The highest BCUT2D eigenvalue weighted by Crippen LogP contribution is 2.21. The fourth-order valence-corrected chi connectivity index (χ4v) is 2.44. The smallest absolute Gasteiger partial charge is 0.340 e. The maximum absolute atomic E-state index is 12.3. The molecule has 0 aliphatic heterocycles. The number of nitrogens with one attached hydrogen (secondary N) is 1. The summed E-state index contributed by atoms with van der Waals surface area (Å²) in [6, 6.07) is 10.3. The molecule has 0 aliphatic rings. The van der Waals surface area contributed by atoms with E-state index in [0.29, 0.717) is 11.3 Å². The highest BCUT2D eigenvalue weighted by Gasteiger charge is 2.23. The number of urea groups is 1. The standard InChI is InChI=1S/C17H19N3O4/c1-10-9-14(11(2)20(10)13-7-5-4-6-8-13)16(22)24-12(3)15(21)19-17(18)23/h4-9,12H,1-3H3,(H3,18,19,21,23)/t12-/m0/s1. The molecule has 0 saturated carbocycles. The Kier molecular flexibility index (Phi) is 5.03. The van der Waals surface area contributed by atoms with Crippen molar-refractivity contribution in [3.05, 3.63) is 53.3 Å². The number of amides is 3. The minimum Gasteiger partial charge on any atom is -0.449 e. The van der Waals surface area contributed by atoms with E-state index in [1.807, 2.05) is 47.1 Å². The number of aromatic nitrogens is 1. The van der Waals surface area contributed by atoms with Crippen LogP contribution in [-0.2, 0) is 9.53 Å². The van der Waals surface area contributed by atoms with E-state index in [2.05, 4.69) is 0 Å². The number of aryl methyl sites for hydroxylation is 1. The number of carbonyl (C=O) groups is 3. The van der Waals surface area contributed by atoms with Crippen molar-refractivity contribution in [1.82, 2.24) is 9.88 Å². The van der Waals surface area contributed by atoms with Crippen LogP contribution in [0.5, 0.6) is 0 Å². The van der Waals surface area contributed by atoms with Gasteiger partial charge in [0.1, 0.15) is 0 Å². The maximum Gasteiger partial charge on any atom is 0.340 e. The van der Waals surface area contributed by atoms with Crippen LogP contribution in [0.15, 0.2) is 36.4 Å². The van der Waals surface area contributed by atoms with Gasteiger partial charge in [-0.2, -0.15) is 0 Å². The van der Waals surface area contributed by atoms with Gasteiger partial charge in [0.05, 0.1) is 5.56 Å². The van der Waals surface area contributed by atoms with Gasteiger partial charge in [-0.1, -0.05) is 18.2 Å². The van der Waals surface area contributed by atoms with Crippen LogP contribution in [0.25, 0.3) is 5.69 Å². The zero-order valence-corrected chi connectivity index (χ0v) is 13.7. The lowest BCUT2D eigenvalue weighted by atomic mass is 10.2. The molecule has 2 rings (SSSR count). The predicted molar refractivity (Wildman–Crippen MR) is 87.8 cm³/mol. The van der Waals surface area contributed by atoms with Crippen LogP contribution >= 0.6 is 0 Å². The maximum atomic E-state index is 12.3. The highest BCUT2D eigenvalue weighted by molar-refractivity contribution is 5.98. The summed E-state index contributed by atoms with van der Waals surface area (Å²) in [5.41, 5.74) is 7.71. The Balaban J connectivity index is 2.22. The molecule has 0 unspecified atom stereocenters. The van der Waals surface area contributed by atoms with Crippen LogP contribution in [0.1, 0.15) is 28.7 Å². The van der Waals surface area contributed by atoms with E-state index >= 15 is 0 Å². The molecule has 1 atom stereocenters. The summed E-state index contributed by atoms with van der Waals surface area (Å²) in [7, 11) is 0. The summed E-state index contributed by atoms with van der Waals surface area (Å²) in [5.74, 6) is -1.41. The summed E-state index contributed by atoms with van der Waals surface area (Å²) in [6.45, 7) is 5.04. The number of para-hydroxylation sites is 1. The number of hydrogen-bond acceptors (Lipinski definition) is 4. The van der Waals surface area contributed by atoms with Crippen LogP contribution in [0.4, 0.5) is 4.79 Å². The molecular formula is C17H19N3O4. The Hall–Kier alpha value is -3.09. The molecule has 2 aromatic rings. The van der Waals surface area contributed by atoms with E-state index in [4.69, 9.17) is 10.5 Å². The van der Waals surface area contributed by atoms with Gasteiger partial charge in [-0.15, -0.1) is 0 Å². The van der Waals surface area contributed by atoms with Gasteiger partial charge in [0, 0.05) is 17.1 Å². The second kappa shape index (κ2) is 6.99. The van der Waals surface area contributed by atoms with Gasteiger partial charge in [-0.3, -0.25) is 10.1 Å². The summed E-state index contributed by atoms with van der Waals surface area (Å²) >= 11 is 0. The van der Waals surface area contributed by atoms with E-state index in [1.165, 1.54) is 6.92 Å². The largest absolute Gasteiger partial charge is 0.449 e. The summed E-state index contributed by atoms with van der Waals surface area (Å²) < 4.78 is 7.03. The van der Waals surface area contributed by atoms with Gasteiger partial charge in [-0.25, -0.2) is 9.59 Å². The molecule has 0 saturated heterocycles. The van der Waals surface area contributed by atoms with Gasteiger partial charge >= 0.3 is 12.0 Å². The topological polar surface area (TPSA) is 103 Å². The van der Waals surface area contributed by atoms with E-state index in [1.54, 1.807) is 13.0 Å². The molecule has 126 valence electrons. The van der Waals surface area contributed by atoms with Gasteiger partial charge in [0.15, 0.2) is 6.10 Å². The molecule has 0 spiro atoms. The lowest BCUT2D eigenvalue weighted by Gasteiger charge is -2.12. The van der Waals surface area contributed by atoms with Crippen LogP contribution < -0.4 is 11.1 Å². The van der Waals surface area contributed by atoms with Crippen molar-refractivity contribution in [1.29, 1.82) is 0 Å². The molecule has 24 heavy (non-hydrogen) atoms. The van der Waals surface area contributed by atoms with E-state index in [-0.39, 0.29) is 0 Å². The second-order valence-corrected chi connectivity index (χ2v) is 5.36. The van der Waals surface area contributed by atoms with Crippen molar-refractivity contribution in [2.24, 2.45) is 5.73 Å². The summed E-state index contributed by atoms with van der Waals surface area (Å²) in [5, 5.41) is 1.87. The van der Waals surface area contributed by atoms with E-state index in [9.17, 15) is 14.4 Å². The summed E-state index contributed by atoms with van der Waals surface area (Å²) in [6.07, 6.45) is -1.13. The fraction of sp³-hybridized carbons (Fsp3) is 0.235. The molecule has 0 aliphatic carbocycles. The number of hydrogen-bond donors (Lipinski definition) is 2. The summed E-state index contributed by atoms with van der Waals surface area (Å²) in [4.78, 5) is 34.6. The van der Waals surface area contributed by atoms with Crippen molar-refractivity contribution >= 4 is 17.9 Å². The minimum atomic E-state index is -1.13. The molecule has 7 heteroatoms. The lowest BCUT2D eigenvalue weighted by molar-refractivity contribution is -0.127. The number of imide groups is 1. The van der Waals surface area contributed by atoms with Gasteiger partial charge in [-0.05, 0) is 39.0 Å². The first-order chi connectivity index (χ1) is 11.3. The Bertz CT molecular complexity index is 781. The average Bonchev–Trinajstić information content (AvgIpc) is 2.82. The van der Waals surface area contributed by atoms with Crippen molar-refractivity contribution in [3.63, 3.8) is 0 Å². The SMILES string of the molecule is Cc1cc(C(=O)O[C@@H](C)C(=O)NC(N)=O)c(C)n1-c1ccccc1. The normalized spacial score (nSPS) is 11.6. The second-order valence-electron chi connectivity index (χ2n) is 5.36. The van der Waals surface area contributed by atoms with Crippen LogP contribution in [0.3, 0.4) is 0 Å². The number of ether oxygens (including phenoxy) is 1. The first-order valence-electron chi connectivity index (χ1n) is 7.37. The quantitative estimate of drug-likeness (QED) is 0.835. The van der Waals surface area contributed by atoms with Gasteiger partial charge < -0.3 is 15.0 Å². The number of primary amides is 1. The Morgan fingerprint density at radius 2 is 1.79 bits per heavy atom. The van der Waals surface area contributed by atoms with E-state index < -0.39 is 24.0 Å². The van der Waals surface area contributed by atoms with Crippen molar-refractivity contribution < 1.29 is 19.1 Å². The van der Waals surface area contributed by atoms with Gasteiger partial charge in [0.2, 0.25) is 0 Å². The number of rotatable bonds is 4. The number of carbonyl (C=O) groups excluding carboxylic acids is 3. The number of nitrogens with zero attached hydrogens (tertiary/aromatic N) is 1. The third-order valence-electron chi connectivity index (χ3n) is 3.56. The lowest BCUT2D eigenvalue weighted by Crippen LogP contribution is -2.42. The van der Waals surface area contributed by atoms with Crippen molar-refractivity contribution in [2.75, 3.05) is 0 Å². The molecule has 1 aromatic heterocycles. The van der Waals surface area contributed by atoms with E-state index in [0.717, 1.165) is 11.4 Å². The highest BCUT2D eigenvalue weighted by atomic mass is 16.5. The molecule has 0 fully saturated rings. The number of nitrogens with two attached hydrogens (primary N) is 1. The fourth-order valence-electron chi connectivity index (χ4n) is 2.44. The van der Waals surface area contributed by atoms with Crippen LogP contribution in [-0.4, -0.2) is 28.6 Å². The Morgan fingerprint density at radius 3 is 2.38 bits per heavy atom. The third kappa shape index (κ3) is 3.62. The van der Waals surface area contributed by atoms with Gasteiger partial charge in [0.25, 0.3) is 5.91 Å². The molecule has 0 bridgehead atoms. The Morgan fingerprint density at radius 1 is 1.17 bits per heavy atom. The molecule has 3 amide bonds. The first kappa shape index (κ1) is 17.3.